The topological polar surface area (TPSA) is 82.3 Å². The first kappa shape index (κ1) is 22.3. The van der Waals surface area contributed by atoms with Crippen LogP contribution in [0.3, 0.4) is 0 Å². The number of nitrogens with one attached hydrogen (secondary N) is 2. The summed E-state index contributed by atoms with van der Waals surface area (Å²) in [5.74, 6) is 1.99. The molecule has 0 saturated carbocycles. The molecule has 1 atom stereocenters. The second kappa shape index (κ2) is 10.6. The highest BCUT2D eigenvalue weighted by Gasteiger charge is 2.27. The first-order valence-electron chi connectivity index (χ1n) is 10.7. The molecule has 0 spiro atoms. The number of furan rings is 1. The van der Waals surface area contributed by atoms with Crippen molar-refractivity contribution in [1.82, 2.24) is 15.5 Å². The molecule has 0 radical (unpaired) electrons. The normalized spacial score (nSPS) is 17.5. The van der Waals surface area contributed by atoms with Crippen LogP contribution in [0.5, 0.6) is 0 Å². The number of aryl methyl sites for hydroxylation is 1. The van der Waals surface area contributed by atoms with Gasteiger partial charge < -0.3 is 24.9 Å². The SMILES string of the molecule is CCNC(=NCc1cccc(CN2CCOCC2)c1)NCC(C)(O)c1ccc(C)o1. The Morgan fingerprint density at radius 3 is 2.63 bits per heavy atom. The van der Waals surface area contributed by atoms with Crippen LogP contribution in [0, 0.1) is 6.92 Å². The van der Waals surface area contributed by atoms with Crippen LogP contribution < -0.4 is 10.6 Å². The van der Waals surface area contributed by atoms with Crippen LogP contribution in [-0.2, 0) is 23.4 Å². The lowest BCUT2D eigenvalue weighted by Gasteiger charge is -2.26. The molecule has 1 saturated heterocycles. The van der Waals surface area contributed by atoms with Crippen LogP contribution in [0.15, 0.2) is 45.8 Å². The molecule has 3 N–H and O–H groups in total. The van der Waals surface area contributed by atoms with Crippen LogP contribution in [0.2, 0.25) is 0 Å². The van der Waals surface area contributed by atoms with Crippen molar-refractivity contribution >= 4 is 5.96 Å². The smallest absolute Gasteiger partial charge is 0.191 e. The van der Waals surface area contributed by atoms with Crippen molar-refractivity contribution in [3.05, 3.63) is 59.0 Å². The third-order valence-corrected chi connectivity index (χ3v) is 5.14. The van der Waals surface area contributed by atoms with Gasteiger partial charge in [0, 0.05) is 26.2 Å². The molecule has 7 nitrogen and oxygen atoms in total. The average molecular weight is 415 g/mol. The van der Waals surface area contributed by atoms with Gasteiger partial charge in [-0.25, -0.2) is 4.99 Å². The Morgan fingerprint density at radius 1 is 1.17 bits per heavy atom. The molecule has 1 aromatic carbocycles. The van der Waals surface area contributed by atoms with Crippen LogP contribution >= 0.6 is 0 Å². The van der Waals surface area contributed by atoms with Crippen molar-refractivity contribution in [2.24, 2.45) is 4.99 Å². The molecule has 2 aromatic rings. The molecule has 1 unspecified atom stereocenters. The summed E-state index contributed by atoms with van der Waals surface area (Å²) in [6.45, 7) is 11.7. The van der Waals surface area contributed by atoms with E-state index < -0.39 is 5.60 Å². The first-order valence-corrected chi connectivity index (χ1v) is 10.7. The third kappa shape index (κ3) is 6.58. The van der Waals surface area contributed by atoms with Crippen molar-refractivity contribution in [2.45, 2.75) is 39.5 Å². The van der Waals surface area contributed by atoms with Gasteiger partial charge in [-0.15, -0.1) is 0 Å². The molecular weight excluding hydrogens is 380 g/mol. The fourth-order valence-corrected chi connectivity index (χ4v) is 3.42. The fraction of sp³-hybridized carbons (Fsp3) is 0.522. The maximum atomic E-state index is 10.7. The van der Waals surface area contributed by atoms with Crippen LogP contribution in [-0.4, -0.2) is 55.4 Å². The number of rotatable bonds is 8. The zero-order chi connectivity index (χ0) is 21.4. The molecule has 3 rings (SSSR count). The van der Waals surface area contributed by atoms with E-state index in [0.717, 1.165) is 50.7 Å². The lowest BCUT2D eigenvalue weighted by Crippen LogP contribution is -2.44. The highest BCUT2D eigenvalue weighted by atomic mass is 16.5. The number of guanidine groups is 1. The lowest BCUT2D eigenvalue weighted by molar-refractivity contribution is 0.0342. The monoisotopic (exact) mass is 414 g/mol. The van der Waals surface area contributed by atoms with E-state index in [0.29, 0.717) is 24.8 Å². The van der Waals surface area contributed by atoms with Gasteiger partial charge in [0.1, 0.15) is 17.1 Å². The van der Waals surface area contributed by atoms with Crippen molar-refractivity contribution in [3.63, 3.8) is 0 Å². The zero-order valence-corrected chi connectivity index (χ0v) is 18.3. The quantitative estimate of drug-likeness (QED) is 0.455. The van der Waals surface area contributed by atoms with E-state index in [2.05, 4.69) is 39.8 Å². The molecule has 2 heterocycles. The molecule has 1 fully saturated rings. The second-order valence-corrected chi connectivity index (χ2v) is 7.94. The largest absolute Gasteiger partial charge is 0.463 e. The Hall–Kier alpha value is -2.35. The van der Waals surface area contributed by atoms with E-state index in [1.165, 1.54) is 5.56 Å². The second-order valence-electron chi connectivity index (χ2n) is 7.94. The summed E-state index contributed by atoms with van der Waals surface area (Å²) in [5.41, 5.74) is 1.33. The summed E-state index contributed by atoms with van der Waals surface area (Å²) >= 11 is 0. The fourth-order valence-electron chi connectivity index (χ4n) is 3.42. The van der Waals surface area contributed by atoms with Crippen LogP contribution in [0.1, 0.15) is 36.5 Å². The molecule has 1 aliphatic heterocycles. The van der Waals surface area contributed by atoms with Gasteiger partial charge in [0.25, 0.3) is 0 Å². The van der Waals surface area contributed by atoms with Crippen LogP contribution in [0.4, 0.5) is 0 Å². The third-order valence-electron chi connectivity index (χ3n) is 5.14. The summed E-state index contributed by atoms with van der Waals surface area (Å²) in [5, 5.41) is 17.2. The molecule has 30 heavy (non-hydrogen) atoms. The number of nitrogens with zero attached hydrogens (tertiary/aromatic N) is 2. The summed E-state index contributed by atoms with van der Waals surface area (Å²) in [7, 11) is 0. The summed E-state index contributed by atoms with van der Waals surface area (Å²) < 4.78 is 11.0. The molecule has 0 aliphatic carbocycles. The highest BCUT2D eigenvalue weighted by molar-refractivity contribution is 5.79. The van der Waals surface area contributed by atoms with Gasteiger partial charge in [-0.3, -0.25) is 4.90 Å². The van der Waals surface area contributed by atoms with Gasteiger partial charge in [0.15, 0.2) is 5.96 Å². The number of aliphatic hydroxyl groups is 1. The molecule has 0 bridgehead atoms. The Bertz CT molecular complexity index is 825. The Kier molecular flexibility index (Phi) is 7.90. The predicted octanol–water partition coefficient (Wildman–Crippen LogP) is 2.38. The average Bonchev–Trinajstić information content (AvgIpc) is 3.18. The van der Waals surface area contributed by atoms with Crippen molar-refractivity contribution < 1.29 is 14.3 Å². The Balaban J connectivity index is 1.59. The van der Waals surface area contributed by atoms with E-state index in [9.17, 15) is 5.11 Å². The van der Waals surface area contributed by atoms with Gasteiger partial charge in [0.2, 0.25) is 0 Å². The molecular formula is C23H34N4O3. The number of hydrogen-bond donors (Lipinski definition) is 3. The summed E-state index contributed by atoms with van der Waals surface area (Å²) in [6.07, 6.45) is 0. The van der Waals surface area contributed by atoms with Gasteiger partial charge in [-0.1, -0.05) is 24.3 Å². The minimum absolute atomic E-state index is 0.295. The van der Waals surface area contributed by atoms with Crippen molar-refractivity contribution in [2.75, 3.05) is 39.4 Å². The molecule has 7 heteroatoms. The van der Waals surface area contributed by atoms with Gasteiger partial charge in [-0.2, -0.15) is 0 Å². The van der Waals surface area contributed by atoms with E-state index in [1.54, 1.807) is 13.0 Å². The molecule has 1 aliphatic rings. The maximum Gasteiger partial charge on any atom is 0.191 e. The van der Waals surface area contributed by atoms with Gasteiger partial charge in [-0.05, 0) is 44.0 Å². The minimum Gasteiger partial charge on any atom is -0.463 e. The lowest BCUT2D eigenvalue weighted by atomic mass is 10.0. The van der Waals surface area contributed by atoms with E-state index in [1.807, 2.05) is 19.9 Å². The molecule has 1 aromatic heterocycles. The highest BCUT2D eigenvalue weighted by Crippen LogP contribution is 2.21. The van der Waals surface area contributed by atoms with E-state index in [-0.39, 0.29) is 0 Å². The maximum absolute atomic E-state index is 10.7. The standard InChI is InChI=1S/C23H34N4O3/c1-4-24-22(26-17-23(3,28)21-9-8-18(2)30-21)25-15-19-6-5-7-20(14-19)16-27-10-12-29-13-11-27/h5-9,14,28H,4,10-13,15-17H2,1-3H3,(H2,24,25,26). The van der Waals surface area contributed by atoms with E-state index >= 15 is 0 Å². The van der Waals surface area contributed by atoms with Gasteiger partial charge >= 0.3 is 0 Å². The number of ether oxygens (including phenoxy) is 1. The van der Waals surface area contributed by atoms with Crippen molar-refractivity contribution in [1.29, 1.82) is 0 Å². The zero-order valence-electron chi connectivity index (χ0n) is 18.3. The molecule has 164 valence electrons. The Labute approximate surface area is 179 Å². The molecule has 0 amide bonds. The summed E-state index contributed by atoms with van der Waals surface area (Å²) in [6, 6.07) is 12.2. The minimum atomic E-state index is -1.12. The van der Waals surface area contributed by atoms with Crippen LogP contribution in [0.25, 0.3) is 0 Å². The summed E-state index contributed by atoms with van der Waals surface area (Å²) in [4.78, 5) is 7.11. The number of aliphatic imine (C=N–C) groups is 1. The van der Waals surface area contributed by atoms with Crippen molar-refractivity contribution in [3.8, 4) is 0 Å². The van der Waals surface area contributed by atoms with E-state index in [4.69, 9.17) is 14.1 Å². The number of morpholine rings is 1. The number of benzene rings is 1. The first-order chi connectivity index (χ1) is 14.5. The predicted molar refractivity (Wildman–Crippen MR) is 118 cm³/mol. The van der Waals surface area contributed by atoms with Gasteiger partial charge in [0.05, 0.1) is 26.3 Å². The number of hydrogen-bond acceptors (Lipinski definition) is 5. The Morgan fingerprint density at radius 2 is 1.93 bits per heavy atom.